The summed E-state index contributed by atoms with van der Waals surface area (Å²) in [6.45, 7) is 6.73. The number of hydrogen-bond donors (Lipinski definition) is 1. The zero-order valence-corrected chi connectivity index (χ0v) is 9.15. The summed E-state index contributed by atoms with van der Waals surface area (Å²) in [4.78, 5) is 4.29. The minimum absolute atomic E-state index is 0.474. The average molecular weight is 200 g/mol. The molecular formula is C9H16N2OS. The summed E-state index contributed by atoms with van der Waals surface area (Å²) in [6.07, 6.45) is 0.991. The minimum atomic E-state index is 0.474. The highest BCUT2D eigenvalue weighted by molar-refractivity contribution is 7.99. The van der Waals surface area contributed by atoms with E-state index >= 15 is 0 Å². The molecular weight excluding hydrogens is 184 g/mol. The van der Waals surface area contributed by atoms with Crippen molar-refractivity contribution in [2.45, 2.75) is 37.7 Å². The molecule has 13 heavy (non-hydrogen) atoms. The van der Waals surface area contributed by atoms with Crippen molar-refractivity contribution >= 4 is 11.8 Å². The first-order valence-electron chi connectivity index (χ1n) is 4.44. The van der Waals surface area contributed by atoms with E-state index in [1.54, 1.807) is 11.8 Å². The second-order valence-electron chi connectivity index (χ2n) is 3.13. The molecule has 3 nitrogen and oxygen atoms in total. The van der Waals surface area contributed by atoms with Gasteiger partial charge >= 0.3 is 0 Å². The fourth-order valence-corrected chi connectivity index (χ4v) is 1.92. The molecule has 0 bridgehead atoms. The Labute approximate surface area is 83.1 Å². The second kappa shape index (κ2) is 4.67. The van der Waals surface area contributed by atoms with E-state index in [1.807, 2.05) is 13.8 Å². The highest BCUT2D eigenvalue weighted by atomic mass is 32.2. The summed E-state index contributed by atoms with van der Waals surface area (Å²) in [5.74, 6) is 0.905. The highest BCUT2D eigenvalue weighted by Crippen LogP contribution is 2.25. The van der Waals surface area contributed by atoms with Gasteiger partial charge in [0.1, 0.15) is 5.76 Å². The molecule has 1 unspecified atom stereocenters. The third-order valence-electron chi connectivity index (χ3n) is 1.88. The molecule has 2 N–H and O–H groups in total. The zero-order chi connectivity index (χ0) is 9.84. The fraction of sp³-hybridized carbons (Fsp3) is 0.667. The van der Waals surface area contributed by atoms with Crippen LogP contribution in [0.3, 0.4) is 0 Å². The van der Waals surface area contributed by atoms with Gasteiger partial charge in [0.25, 0.3) is 5.22 Å². The van der Waals surface area contributed by atoms with Gasteiger partial charge in [-0.25, -0.2) is 4.98 Å². The molecule has 1 rings (SSSR count). The van der Waals surface area contributed by atoms with Gasteiger partial charge in [-0.15, -0.1) is 0 Å². The number of rotatable bonds is 4. The number of nitrogens with two attached hydrogens (primary N) is 1. The Morgan fingerprint density at radius 3 is 2.69 bits per heavy atom. The van der Waals surface area contributed by atoms with Crippen LogP contribution in [0.25, 0.3) is 0 Å². The van der Waals surface area contributed by atoms with E-state index in [0.29, 0.717) is 11.8 Å². The largest absolute Gasteiger partial charge is 0.437 e. The number of hydrogen-bond acceptors (Lipinski definition) is 4. The molecule has 1 atom stereocenters. The summed E-state index contributed by atoms with van der Waals surface area (Å²) in [6, 6.07) is 0. The molecule has 0 aromatic carbocycles. The van der Waals surface area contributed by atoms with Crippen LogP contribution in [-0.2, 0) is 0 Å². The van der Waals surface area contributed by atoms with Crippen LogP contribution in [0.5, 0.6) is 0 Å². The van der Waals surface area contributed by atoms with Crippen molar-refractivity contribution in [3.8, 4) is 0 Å². The quantitative estimate of drug-likeness (QED) is 0.756. The third kappa shape index (κ3) is 3.04. The molecule has 1 aromatic heterocycles. The lowest BCUT2D eigenvalue weighted by Crippen LogP contribution is -2.06. The van der Waals surface area contributed by atoms with Crippen molar-refractivity contribution in [3.05, 3.63) is 11.5 Å². The molecule has 0 saturated heterocycles. The van der Waals surface area contributed by atoms with Gasteiger partial charge in [-0.05, 0) is 26.8 Å². The summed E-state index contributed by atoms with van der Waals surface area (Å²) >= 11 is 1.65. The van der Waals surface area contributed by atoms with Crippen molar-refractivity contribution in [1.82, 2.24) is 4.98 Å². The molecule has 0 spiro atoms. The molecule has 0 fully saturated rings. The smallest absolute Gasteiger partial charge is 0.256 e. The first-order chi connectivity index (χ1) is 6.13. The van der Waals surface area contributed by atoms with E-state index < -0.39 is 0 Å². The van der Waals surface area contributed by atoms with Crippen LogP contribution in [0.1, 0.15) is 24.8 Å². The number of aryl methyl sites for hydroxylation is 2. The summed E-state index contributed by atoms with van der Waals surface area (Å²) in [5.41, 5.74) is 6.43. The minimum Gasteiger partial charge on any atom is -0.437 e. The number of thioether (sulfide) groups is 1. The molecule has 1 aromatic rings. The van der Waals surface area contributed by atoms with Gasteiger partial charge in [-0.3, -0.25) is 0 Å². The molecule has 4 heteroatoms. The Bertz CT molecular complexity index is 253. The van der Waals surface area contributed by atoms with Gasteiger partial charge in [0.15, 0.2) is 0 Å². The lowest BCUT2D eigenvalue weighted by molar-refractivity contribution is 0.430. The second-order valence-corrected chi connectivity index (χ2v) is 4.52. The summed E-state index contributed by atoms with van der Waals surface area (Å²) in [7, 11) is 0. The lowest BCUT2D eigenvalue weighted by Gasteiger charge is -2.04. The Morgan fingerprint density at radius 2 is 2.23 bits per heavy atom. The summed E-state index contributed by atoms with van der Waals surface area (Å²) < 4.78 is 5.44. The first kappa shape index (κ1) is 10.6. The Kier molecular flexibility index (Phi) is 3.81. The van der Waals surface area contributed by atoms with E-state index in [4.69, 9.17) is 10.2 Å². The lowest BCUT2D eigenvalue weighted by atomic mass is 10.3. The van der Waals surface area contributed by atoms with Gasteiger partial charge in [0.2, 0.25) is 0 Å². The van der Waals surface area contributed by atoms with Crippen LogP contribution in [-0.4, -0.2) is 16.8 Å². The molecule has 0 saturated carbocycles. The van der Waals surface area contributed by atoms with Crippen LogP contribution >= 0.6 is 11.8 Å². The van der Waals surface area contributed by atoms with E-state index in [-0.39, 0.29) is 0 Å². The molecule has 0 amide bonds. The van der Waals surface area contributed by atoms with E-state index in [9.17, 15) is 0 Å². The normalized spacial score (nSPS) is 13.2. The number of aromatic nitrogens is 1. The van der Waals surface area contributed by atoms with E-state index in [0.717, 1.165) is 23.1 Å². The third-order valence-corrected chi connectivity index (χ3v) is 2.90. The zero-order valence-electron chi connectivity index (χ0n) is 8.33. The van der Waals surface area contributed by atoms with Crippen LogP contribution < -0.4 is 5.73 Å². The monoisotopic (exact) mass is 200 g/mol. The standard InChI is InChI=1S/C9H16N2OS/c1-6(4-5-10)13-9-11-7(2)8(3)12-9/h6H,4-5,10H2,1-3H3. The number of oxazole rings is 1. The van der Waals surface area contributed by atoms with Gasteiger partial charge in [-0.2, -0.15) is 0 Å². The molecule has 74 valence electrons. The van der Waals surface area contributed by atoms with Crippen LogP contribution in [0.2, 0.25) is 0 Å². The van der Waals surface area contributed by atoms with E-state index in [1.165, 1.54) is 0 Å². The van der Waals surface area contributed by atoms with Gasteiger partial charge in [-0.1, -0.05) is 18.7 Å². The highest BCUT2D eigenvalue weighted by Gasteiger charge is 2.10. The Balaban J connectivity index is 2.53. The predicted molar refractivity (Wildman–Crippen MR) is 55.0 cm³/mol. The molecule has 0 radical (unpaired) electrons. The Morgan fingerprint density at radius 1 is 1.54 bits per heavy atom. The SMILES string of the molecule is Cc1nc(SC(C)CCN)oc1C. The van der Waals surface area contributed by atoms with Crippen molar-refractivity contribution in [3.63, 3.8) is 0 Å². The molecule has 0 aliphatic heterocycles. The van der Waals surface area contributed by atoms with E-state index in [2.05, 4.69) is 11.9 Å². The van der Waals surface area contributed by atoms with Crippen molar-refractivity contribution < 1.29 is 4.42 Å². The van der Waals surface area contributed by atoms with Crippen molar-refractivity contribution in [2.75, 3.05) is 6.54 Å². The van der Waals surface area contributed by atoms with Gasteiger partial charge < -0.3 is 10.2 Å². The maximum absolute atomic E-state index is 5.45. The molecule has 0 aliphatic carbocycles. The van der Waals surface area contributed by atoms with Crippen molar-refractivity contribution in [1.29, 1.82) is 0 Å². The average Bonchev–Trinajstić information content (AvgIpc) is 2.31. The fourth-order valence-electron chi connectivity index (χ4n) is 0.959. The topological polar surface area (TPSA) is 52.0 Å². The maximum atomic E-state index is 5.45. The van der Waals surface area contributed by atoms with Crippen LogP contribution in [0, 0.1) is 13.8 Å². The number of nitrogens with zero attached hydrogens (tertiary/aromatic N) is 1. The molecule has 1 heterocycles. The Hall–Kier alpha value is -0.480. The van der Waals surface area contributed by atoms with Gasteiger partial charge in [0, 0.05) is 5.25 Å². The maximum Gasteiger partial charge on any atom is 0.256 e. The van der Waals surface area contributed by atoms with Gasteiger partial charge in [0.05, 0.1) is 5.69 Å². The first-order valence-corrected chi connectivity index (χ1v) is 5.32. The van der Waals surface area contributed by atoms with Crippen LogP contribution in [0.15, 0.2) is 9.64 Å². The van der Waals surface area contributed by atoms with Crippen molar-refractivity contribution in [2.24, 2.45) is 5.73 Å². The summed E-state index contributed by atoms with van der Waals surface area (Å²) in [5, 5.41) is 1.23. The molecule has 0 aliphatic rings. The van der Waals surface area contributed by atoms with Crippen LogP contribution in [0.4, 0.5) is 0 Å². The predicted octanol–water partition coefficient (Wildman–Crippen LogP) is 2.12.